The minimum absolute atomic E-state index is 0.00523. The summed E-state index contributed by atoms with van der Waals surface area (Å²) in [6, 6.07) is 17.4. The number of benzene rings is 2. The summed E-state index contributed by atoms with van der Waals surface area (Å²) in [6.07, 6.45) is 0. The van der Waals surface area contributed by atoms with Crippen molar-refractivity contribution in [2.75, 3.05) is 11.1 Å². The van der Waals surface area contributed by atoms with E-state index < -0.39 is 0 Å². The average molecular weight is 272 g/mol. The highest BCUT2D eigenvalue weighted by Crippen LogP contribution is 2.19. The van der Waals surface area contributed by atoms with E-state index in [4.69, 9.17) is 5.73 Å². The molecule has 0 saturated carbocycles. The first-order chi connectivity index (χ1) is 9.28. The van der Waals surface area contributed by atoms with E-state index in [0.717, 1.165) is 16.1 Å². The molecule has 0 aromatic heterocycles. The first-order valence-electron chi connectivity index (χ1n) is 6.04. The molecular weight excluding hydrogens is 256 g/mol. The van der Waals surface area contributed by atoms with Gasteiger partial charge in [0.1, 0.15) is 0 Å². The molecule has 1 amide bonds. The lowest BCUT2D eigenvalue weighted by Gasteiger charge is -2.05. The summed E-state index contributed by atoms with van der Waals surface area (Å²) in [5, 5.41) is 2.86. The topological polar surface area (TPSA) is 55.1 Å². The molecule has 3 nitrogen and oxygen atoms in total. The summed E-state index contributed by atoms with van der Waals surface area (Å²) >= 11 is 1.51. The van der Waals surface area contributed by atoms with Crippen LogP contribution in [-0.4, -0.2) is 11.7 Å². The molecule has 4 heteroatoms. The van der Waals surface area contributed by atoms with Crippen molar-refractivity contribution >= 4 is 23.4 Å². The fourth-order valence-electron chi connectivity index (χ4n) is 1.63. The number of para-hydroxylation sites is 1. The number of hydrogen-bond donors (Lipinski definition) is 2. The molecule has 2 aromatic carbocycles. The predicted molar refractivity (Wildman–Crippen MR) is 80.1 cm³/mol. The number of nitrogens with two attached hydrogens (primary N) is 1. The highest BCUT2D eigenvalue weighted by Gasteiger charge is 2.03. The summed E-state index contributed by atoms with van der Waals surface area (Å²) in [7, 11) is 0. The van der Waals surface area contributed by atoms with Crippen LogP contribution >= 0.6 is 11.8 Å². The van der Waals surface area contributed by atoms with Crippen LogP contribution in [0.2, 0.25) is 0 Å². The SMILES string of the molecule is NCc1cccc(SCC(=O)Nc2ccccc2)c1. The molecule has 0 spiro atoms. The molecular formula is C15H16N2OS. The van der Waals surface area contributed by atoms with Crippen LogP contribution in [0.5, 0.6) is 0 Å². The molecule has 2 rings (SSSR count). The van der Waals surface area contributed by atoms with Gasteiger partial charge in [0.15, 0.2) is 0 Å². The molecule has 0 radical (unpaired) electrons. The maximum absolute atomic E-state index is 11.8. The van der Waals surface area contributed by atoms with Crippen molar-refractivity contribution in [1.82, 2.24) is 0 Å². The summed E-state index contributed by atoms with van der Waals surface area (Å²) in [4.78, 5) is 12.8. The minimum Gasteiger partial charge on any atom is -0.326 e. The summed E-state index contributed by atoms with van der Waals surface area (Å²) < 4.78 is 0. The van der Waals surface area contributed by atoms with Crippen molar-refractivity contribution in [1.29, 1.82) is 0 Å². The molecule has 3 N–H and O–H groups in total. The van der Waals surface area contributed by atoms with Crippen LogP contribution in [0, 0.1) is 0 Å². The summed E-state index contributed by atoms with van der Waals surface area (Å²) in [6.45, 7) is 0.518. The average Bonchev–Trinajstić information content (AvgIpc) is 2.46. The highest BCUT2D eigenvalue weighted by atomic mass is 32.2. The standard InChI is InChI=1S/C15H16N2OS/c16-10-12-5-4-8-14(9-12)19-11-15(18)17-13-6-2-1-3-7-13/h1-9H,10-11,16H2,(H,17,18). The number of nitrogens with one attached hydrogen (secondary N) is 1. The second-order valence-electron chi connectivity index (χ2n) is 4.05. The maximum atomic E-state index is 11.8. The van der Waals surface area contributed by atoms with Gasteiger partial charge in [-0.3, -0.25) is 4.79 Å². The Hall–Kier alpha value is -1.78. The molecule has 0 aliphatic heterocycles. The van der Waals surface area contributed by atoms with E-state index in [1.54, 1.807) is 0 Å². The maximum Gasteiger partial charge on any atom is 0.234 e. The number of carbonyl (C=O) groups excluding carboxylic acids is 1. The third kappa shape index (κ3) is 4.43. The van der Waals surface area contributed by atoms with E-state index in [0.29, 0.717) is 12.3 Å². The zero-order valence-corrected chi connectivity index (χ0v) is 11.3. The Balaban J connectivity index is 1.86. The van der Waals surface area contributed by atoms with E-state index in [1.165, 1.54) is 11.8 Å². The molecule has 0 heterocycles. The van der Waals surface area contributed by atoms with Crippen LogP contribution in [-0.2, 0) is 11.3 Å². The van der Waals surface area contributed by atoms with Gasteiger partial charge in [-0.1, -0.05) is 30.3 Å². The van der Waals surface area contributed by atoms with E-state index >= 15 is 0 Å². The van der Waals surface area contributed by atoms with Gasteiger partial charge in [0.25, 0.3) is 0 Å². The van der Waals surface area contributed by atoms with Gasteiger partial charge in [-0.15, -0.1) is 11.8 Å². The van der Waals surface area contributed by atoms with Gasteiger partial charge < -0.3 is 11.1 Å². The number of amides is 1. The molecule has 0 atom stereocenters. The monoisotopic (exact) mass is 272 g/mol. The van der Waals surface area contributed by atoms with Crippen LogP contribution in [0.25, 0.3) is 0 Å². The number of anilines is 1. The fraction of sp³-hybridized carbons (Fsp3) is 0.133. The van der Waals surface area contributed by atoms with E-state index in [2.05, 4.69) is 5.32 Å². The van der Waals surface area contributed by atoms with Gasteiger partial charge >= 0.3 is 0 Å². The quantitative estimate of drug-likeness (QED) is 0.823. The van der Waals surface area contributed by atoms with Gasteiger partial charge in [0.05, 0.1) is 5.75 Å². The minimum atomic E-state index is -0.00523. The van der Waals surface area contributed by atoms with Gasteiger partial charge in [-0.25, -0.2) is 0 Å². The smallest absolute Gasteiger partial charge is 0.234 e. The first kappa shape index (κ1) is 13.6. The molecule has 2 aromatic rings. The van der Waals surface area contributed by atoms with Crippen molar-refractivity contribution < 1.29 is 4.79 Å². The van der Waals surface area contributed by atoms with Crippen molar-refractivity contribution in [2.45, 2.75) is 11.4 Å². The Bertz CT molecular complexity index is 543. The Labute approximate surface area is 117 Å². The number of hydrogen-bond acceptors (Lipinski definition) is 3. The number of thioether (sulfide) groups is 1. The van der Waals surface area contributed by atoms with Crippen molar-refractivity contribution in [2.24, 2.45) is 5.73 Å². The summed E-state index contributed by atoms with van der Waals surface area (Å²) in [5.41, 5.74) is 7.49. The molecule has 0 fully saturated rings. The van der Waals surface area contributed by atoms with Crippen LogP contribution in [0.4, 0.5) is 5.69 Å². The van der Waals surface area contributed by atoms with Gasteiger partial charge in [-0.2, -0.15) is 0 Å². The third-order valence-corrected chi connectivity index (χ3v) is 3.56. The second kappa shape index (κ2) is 6.97. The Morgan fingerprint density at radius 1 is 1.11 bits per heavy atom. The molecule has 0 unspecified atom stereocenters. The van der Waals surface area contributed by atoms with Crippen molar-refractivity contribution in [3.63, 3.8) is 0 Å². The molecule has 0 saturated heterocycles. The van der Waals surface area contributed by atoms with E-state index in [-0.39, 0.29) is 5.91 Å². The summed E-state index contributed by atoms with van der Waals surface area (Å²) in [5.74, 6) is 0.387. The molecule has 0 aliphatic carbocycles. The lowest BCUT2D eigenvalue weighted by atomic mass is 10.2. The van der Waals surface area contributed by atoms with Crippen LogP contribution in [0.15, 0.2) is 59.5 Å². The predicted octanol–water partition coefficient (Wildman–Crippen LogP) is 2.88. The molecule has 98 valence electrons. The molecule has 0 bridgehead atoms. The van der Waals surface area contributed by atoms with Crippen molar-refractivity contribution in [3.05, 3.63) is 60.2 Å². The zero-order chi connectivity index (χ0) is 13.5. The molecule has 19 heavy (non-hydrogen) atoms. The van der Waals surface area contributed by atoms with E-state index in [1.807, 2.05) is 54.6 Å². The highest BCUT2D eigenvalue weighted by molar-refractivity contribution is 8.00. The molecule has 0 aliphatic rings. The Kier molecular flexibility index (Phi) is 5.01. The first-order valence-corrected chi connectivity index (χ1v) is 7.03. The van der Waals surface area contributed by atoms with Gasteiger partial charge in [0, 0.05) is 17.1 Å². The van der Waals surface area contributed by atoms with E-state index in [9.17, 15) is 4.79 Å². The van der Waals surface area contributed by atoms with Crippen LogP contribution in [0.3, 0.4) is 0 Å². The normalized spacial score (nSPS) is 10.2. The Morgan fingerprint density at radius 2 is 1.89 bits per heavy atom. The van der Waals surface area contributed by atoms with Crippen LogP contribution in [0.1, 0.15) is 5.56 Å². The van der Waals surface area contributed by atoms with Crippen molar-refractivity contribution in [3.8, 4) is 0 Å². The van der Waals surface area contributed by atoms with Gasteiger partial charge in [0.2, 0.25) is 5.91 Å². The number of rotatable bonds is 5. The second-order valence-corrected chi connectivity index (χ2v) is 5.10. The van der Waals surface area contributed by atoms with Gasteiger partial charge in [-0.05, 0) is 29.8 Å². The third-order valence-electron chi connectivity index (χ3n) is 2.56. The lowest BCUT2D eigenvalue weighted by molar-refractivity contribution is -0.113. The number of carbonyl (C=O) groups is 1. The van der Waals surface area contributed by atoms with Crippen LogP contribution < -0.4 is 11.1 Å². The lowest BCUT2D eigenvalue weighted by Crippen LogP contribution is -2.13. The fourth-order valence-corrected chi connectivity index (χ4v) is 2.41. The largest absolute Gasteiger partial charge is 0.326 e. The zero-order valence-electron chi connectivity index (χ0n) is 10.5. The Morgan fingerprint density at radius 3 is 2.63 bits per heavy atom.